The van der Waals surface area contributed by atoms with Crippen LogP contribution in [0.2, 0.25) is 0 Å². The molecular weight excluding hydrogens is 229 g/mol. The zero-order valence-corrected chi connectivity index (χ0v) is 8.59. The fourth-order valence-corrected chi connectivity index (χ4v) is 2.16. The Kier molecular flexibility index (Phi) is 3.33. The molecule has 1 heterocycles. The van der Waals surface area contributed by atoms with E-state index in [1.54, 1.807) is 0 Å². The topological polar surface area (TPSA) is 129 Å². The number of aromatic amines is 1. The van der Waals surface area contributed by atoms with E-state index in [-0.39, 0.29) is 11.6 Å². The molecule has 7 nitrogen and oxygen atoms in total. The molecule has 0 aromatic carbocycles. The van der Waals surface area contributed by atoms with Crippen molar-refractivity contribution in [1.82, 2.24) is 9.97 Å². The lowest BCUT2D eigenvalue weighted by Gasteiger charge is -2.04. The van der Waals surface area contributed by atoms with E-state index in [9.17, 15) is 9.36 Å². The Labute approximate surface area is 82.7 Å². The Morgan fingerprint density at radius 3 is 2.79 bits per heavy atom. The molecule has 5 N–H and O–H groups in total. The molecule has 0 aliphatic carbocycles. The predicted octanol–water partition coefficient (Wildman–Crippen LogP) is -0.322. The van der Waals surface area contributed by atoms with Gasteiger partial charge in [0.05, 0.1) is 0 Å². The van der Waals surface area contributed by atoms with E-state index in [0.717, 1.165) is 0 Å². The lowest BCUT2D eigenvalue weighted by molar-refractivity contribution is 0.397. The van der Waals surface area contributed by atoms with Gasteiger partial charge in [-0.3, -0.25) is 4.98 Å². The van der Waals surface area contributed by atoms with Gasteiger partial charge in [0.1, 0.15) is 5.82 Å². The van der Waals surface area contributed by atoms with E-state index in [4.69, 9.17) is 15.5 Å². The van der Waals surface area contributed by atoms with Crippen molar-refractivity contribution < 1.29 is 14.4 Å². The van der Waals surface area contributed by atoms with Crippen molar-refractivity contribution in [2.75, 3.05) is 5.73 Å². The van der Waals surface area contributed by atoms with Crippen LogP contribution in [0.4, 0.5) is 5.82 Å². The molecule has 0 aliphatic rings. The highest BCUT2D eigenvalue weighted by molar-refractivity contribution is 8.54. The van der Waals surface area contributed by atoms with Crippen LogP contribution in [0, 0.1) is 0 Å². The second-order valence-corrected chi connectivity index (χ2v) is 6.12. The van der Waals surface area contributed by atoms with E-state index in [1.165, 1.54) is 6.20 Å². The van der Waals surface area contributed by atoms with Crippen molar-refractivity contribution >= 4 is 24.0 Å². The molecule has 0 saturated carbocycles. The summed E-state index contributed by atoms with van der Waals surface area (Å²) in [6.07, 6.45) is 1.19. The number of nitrogen functional groups attached to an aromatic ring is 1. The van der Waals surface area contributed by atoms with Gasteiger partial charge in [-0.15, -0.1) is 0 Å². The number of anilines is 1. The Morgan fingerprint density at radius 2 is 2.29 bits per heavy atom. The minimum atomic E-state index is -4.12. The molecule has 0 atom stereocenters. The zero-order chi connectivity index (χ0) is 10.8. The second-order valence-electron chi connectivity index (χ2n) is 2.39. The van der Waals surface area contributed by atoms with Crippen LogP contribution in [-0.2, 0) is 10.3 Å². The fraction of sp³-hybridized carbons (Fsp3) is 0.200. The summed E-state index contributed by atoms with van der Waals surface area (Å²) in [6, 6.07) is 0. The van der Waals surface area contributed by atoms with E-state index in [1.807, 2.05) is 0 Å². The smallest absolute Gasteiger partial charge is 0.384 e. The van der Waals surface area contributed by atoms with Crippen molar-refractivity contribution in [3.63, 3.8) is 0 Å². The van der Waals surface area contributed by atoms with Gasteiger partial charge < -0.3 is 15.5 Å². The first-order valence-electron chi connectivity index (χ1n) is 3.42. The molecule has 0 amide bonds. The van der Waals surface area contributed by atoms with Gasteiger partial charge >= 0.3 is 12.5 Å². The van der Waals surface area contributed by atoms with Crippen LogP contribution in [0.3, 0.4) is 0 Å². The highest BCUT2D eigenvalue weighted by atomic mass is 32.7. The first-order valence-corrected chi connectivity index (χ1v) is 6.62. The molecule has 1 aromatic heterocycles. The molecule has 0 bridgehead atoms. The Balaban J connectivity index is 2.78. The summed E-state index contributed by atoms with van der Waals surface area (Å²) < 4.78 is 10.5. The number of hydrogen-bond donors (Lipinski definition) is 4. The van der Waals surface area contributed by atoms with Gasteiger partial charge in [-0.25, -0.2) is 14.3 Å². The highest BCUT2D eigenvalue weighted by Gasteiger charge is 2.14. The van der Waals surface area contributed by atoms with Crippen LogP contribution < -0.4 is 11.4 Å². The predicted molar refractivity (Wildman–Crippen MR) is 52.6 cm³/mol. The van der Waals surface area contributed by atoms with E-state index < -0.39 is 12.5 Å². The van der Waals surface area contributed by atoms with Gasteiger partial charge in [0, 0.05) is 17.5 Å². The van der Waals surface area contributed by atoms with Gasteiger partial charge in [-0.2, -0.15) is 0 Å². The van der Waals surface area contributed by atoms with E-state index in [2.05, 4.69) is 9.97 Å². The van der Waals surface area contributed by atoms with Crippen molar-refractivity contribution in [3.05, 3.63) is 22.2 Å². The molecular formula is C5H8N3O4PS. The van der Waals surface area contributed by atoms with Crippen LogP contribution >= 0.6 is 18.2 Å². The molecule has 0 fully saturated rings. The van der Waals surface area contributed by atoms with Crippen LogP contribution in [-0.4, -0.2) is 19.8 Å². The lowest BCUT2D eigenvalue weighted by atomic mass is 10.3. The first-order chi connectivity index (χ1) is 6.38. The van der Waals surface area contributed by atoms with Crippen LogP contribution in [0.1, 0.15) is 5.56 Å². The summed E-state index contributed by atoms with van der Waals surface area (Å²) in [5.41, 5.74) is 5.19. The number of nitrogens with two attached hydrogens (primary N) is 1. The Morgan fingerprint density at radius 1 is 1.64 bits per heavy atom. The molecule has 0 saturated heterocycles. The molecule has 0 spiro atoms. The number of nitrogens with zero attached hydrogens (tertiary/aromatic N) is 1. The molecule has 14 heavy (non-hydrogen) atoms. The Bertz CT molecular complexity index is 427. The van der Waals surface area contributed by atoms with Crippen molar-refractivity contribution in [1.29, 1.82) is 0 Å². The maximum absolute atomic E-state index is 10.6. The lowest BCUT2D eigenvalue weighted by Crippen LogP contribution is -2.13. The van der Waals surface area contributed by atoms with E-state index in [0.29, 0.717) is 16.9 Å². The molecule has 1 aromatic rings. The van der Waals surface area contributed by atoms with Gasteiger partial charge in [-0.1, -0.05) is 0 Å². The Hall–Kier alpha value is -0.820. The number of nitrogens with one attached hydrogen (secondary N) is 1. The van der Waals surface area contributed by atoms with Crippen LogP contribution in [0.25, 0.3) is 0 Å². The molecule has 0 radical (unpaired) electrons. The number of hydrogen-bond acceptors (Lipinski definition) is 5. The molecule has 9 heteroatoms. The summed E-state index contributed by atoms with van der Waals surface area (Å²) >= 11 is 0.431. The minimum Gasteiger partial charge on any atom is -0.385 e. The van der Waals surface area contributed by atoms with Gasteiger partial charge in [0.15, 0.2) is 0 Å². The fourth-order valence-electron chi connectivity index (χ4n) is 0.702. The zero-order valence-electron chi connectivity index (χ0n) is 6.88. The third-order valence-corrected chi connectivity index (χ3v) is 3.49. The summed E-state index contributed by atoms with van der Waals surface area (Å²) in [7, 11) is 0. The van der Waals surface area contributed by atoms with Crippen molar-refractivity contribution in [2.45, 2.75) is 5.75 Å². The number of H-pyrrole nitrogens is 1. The first kappa shape index (κ1) is 11.3. The normalized spacial score (nSPS) is 11.6. The average Bonchev–Trinajstić information content (AvgIpc) is 2.00. The molecule has 1 rings (SSSR count). The highest BCUT2D eigenvalue weighted by Crippen LogP contribution is 2.51. The van der Waals surface area contributed by atoms with Gasteiger partial charge in [-0.05, 0) is 11.4 Å². The average molecular weight is 237 g/mol. The molecule has 0 unspecified atom stereocenters. The summed E-state index contributed by atoms with van der Waals surface area (Å²) in [5.74, 6) is 0.0748. The maximum atomic E-state index is 10.6. The third-order valence-electron chi connectivity index (χ3n) is 1.31. The maximum Gasteiger partial charge on any atom is 0.384 e. The van der Waals surface area contributed by atoms with Crippen molar-refractivity contribution in [2.24, 2.45) is 0 Å². The standard InChI is InChI=1S/C5H8N3O4PS/c6-4-3(1-7-5(9)8-4)2-14-13(10,11)12/h1H,2H2,(H2,10,11,12)(H3,6,7,8,9). The van der Waals surface area contributed by atoms with Crippen molar-refractivity contribution in [3.8, 4) is 0 Å². The molecule has 0 aliphatic heterocycles. The summed E-state index contributed by atoms with van der Waals surface area (Å²) in [6.45, 7) is -4.12. The number of aromatic nitrogens is 2. The number of rotatable bonds is 3. The molecule has 78 valence electrons. The van der Waals surface area contributed by atoms with Crippen LogP contribution in [0.5, 0.6) is 0 Å². The summed E-state index contributed by atoms with van der Waals surface area (Å²) in [4.78, 5) is 33.4. The monoisotopic (exact) mass is 237 g/mol. The van der Waals surface area contributed by atoms with E-state index >= 15 is 0 Å². The quantitative estimate of drug-likeness (QED) is 0.530. The SMILES string of the molecule is Nc1[nH]c(=O)ncc1CSP(=O)(O)O. The largest absolute Gasteiger partial charge is 0.385 e. The second kappa shape index (κ2) is 4.14. The summed E-state index contributed by atoms with van der Waals surface area (Å²) in [5, 5.41) is 0. The van der Waals surface area contributed by atoms with Gasteiger partial charge in [0.2, 0.25) is 0 Å². The van der Waals surface area contributed by atoms with Crippen LogP contribution in [0.15, 0.2) is 11.0 Å². The van der Waals surface area contributed by atoms with Gasteiger partial charge in [0.25, 0.3) is 0 Å². The third kappa shape index (κ3) is 3.51. The minimum absolute atomic E-state index is 0.000108.